The van der Waals surface area contributed by atoms with Gasteiger partial charge in [-0.05, 0) is 42.8 Å². The molecular weight excluding hydrogens is 328 g/mol. The van der Waals surface area contributed by atoms with Crippen LogP contribution in [0.15, 0.2) is 60.8 Å². The number of amides is 1. The van der Waals surface area contributed by atoms with Crippen molar-refractivity contribution < 1.29 is 14.3 Å². The maximum atomic E-state index is 12.1. The minimum atomic E-state index is -0.121. The third-order valence-electron chi connectivity index (χ3n) is 4.09. The lowest BCUT2D eigenvalue weighted by Crippen LogP contribution is -2.12. The van der Waals surface area contributed by atoms with Crippen LogP contribution in [0.5, 0.6) is 5.75 Å². The smallest absolute Gasteiger partial charge is 0.224 e. The van der Waals surface area contributed by atoms with Gasteiger partial charge in [-0.3, -0.25) is 14.6 Å². The lowest BCUT2D eigenvalue weighted by atomic mass is 10.1. The molecule has 0 fully saturated rings. The normalized spacial score (nSPS) is 10.5. The molecule has 0 aliphatic carbocycles. The second-order valence-electron chi connectivity index (χ2n) is 5.97. The van der Waals surface area contributed by atoms with E-state index in [4.69, 9.17) is 4.74 Å². The first-order chi connectivity index (χ1) is 12.7. The molecule has 0 atom stereocenters. The van der Waals surface area contributed by atoms with E-state index in [0.29, 0.717) is 29.8 Å². The number of methoxy groups -OCH3 is 1. The summed E-state index contributed by atoms with van der Waals surface area (Å²) in [6.45, 7) is 0. The summed E-state index contributed by atoms with van der Waals surface area (Å²) >= 11 is 0. The molecule has 1 N–H and O–H groups in total. The van der Waals surface area contributed by atoms with Gasteiger partial charge >= 0.3 is 0 Å². The number of fused-ring (bicyclic) bond motifs is 1. The molecule has 3 rings (SSSR count). The third kappa shape index (κ3) is 4.45. The molecule has 5 heteroatoms. The Morgan fingerprint density at radius 3 is 2.58 bits per heavy atom. The van der Waals surface area contributed by atoms with Gasteiger partial charge in [0.05, 0.1) is 24.5 Å². The van der Waals surface area contributed by atoms with E-state index in [0.717, 1.165) is 10.9 Å². The molecule has 1 amide bonds. The summed E-state index contributed by atoms with van der Waals surface area (Å²) in [5, 5.41) is 3.81. The number of para-hydroxylation sites is 1. The van der Waals surface area contributed by atoms with Crippen molar-refractivity contribution in [3.05, 3.63) is 66.4 Å². The highest BCUT2D eigenvalue weighted by Crippen LogP contribution is 2.17. The highest BCUT2D eigenvalue weighted by Gasteiger charge is 2.09. The fourth-order valence-electron chi connectivity index (χ4n) is 2.69. The molecule has 0 saturated carbocycles. The molecule has 1 heterocycles. The quantitative estimate of drug-likeness (QED) is 0.649. The van der Waals surface area contributed by atoms with Crippen LogP contribution in [0.2, 0.25) is 0 Å². The Labute approximate surface area is 152 Å². The van der Waals surface area contributed by atoms with Crippen LogP contribution in [0.25, 0.3) is 10.9 Å². The Kier molecular flexibility index (Phi) is 5.59. The molecule has 0 spiro atoms. The summed E-state index contributed by atoms with van der Waals surface area (Å²) in [6.07, 6.45) is 2.75. The van der Waals surface area contributed by atoms with Crippen LogP contribution >= 0.6 is 0 Å². The molecule has 1 aromatic heterocycles. The summed E-state index contributed by atoms with van der Waals surface area (Å²) < 4.78 is 5.08. The Morgan fingerprint density at radius 2 is 1.81 bits per heavy atom. The first kappa shape index (κ1) is 17.6. The topological polar surface area (TPSA) is 68.3 Å². The maximum Gasteiger partial charge on any atom is 0.224 e. The van der Waals surface area contributed by atoms with Crippen LogP contribution in [0.1, 0.15) is 29.6 Å². The summed E-state index contributed by atoms with van der Waals surface area (Å²) in [5.41, 5.74) is 2.18. The van der Waals surface area contributed by atoms with E-state index in [1.807, 2.05) is 30.3 Å². The minimum absolute atomic E-state index is 0.0211. The summed E-state index contributed by atoms with van der Waals surface area (Å²) in [6, 6.07) is 16.6. The van der Waals surface area contributed by atoms with E-state index < -0.39 is 0 Å². The molecule has 0 saturated heterocycles. The summed E-state index contributed by atoms with van der Waals surface area (Å²) in [7, 11) is 1.58. The fourth-order valence-corrected chi connectivity index (χ4v) is 2.69. The second kappa shape index (κ2) is 8.25. The number of nitrogens with one attached hydrogen (secondary N) is 1. The molecule has 3 aromatic rings. The average molecular weight is 348 g/mol. The molecule has 0 aliphatic rings. The zero-order valence-electron chi connectivity index (χ0n) is 14.6. The number of Topliss-reactive ketones (excluding diaryl/α,β-unsaturated/α-hetero) is 1. The molecule has 0 aliphatic heterocycles. The number of benzene rings is 2. The van der Waals surface area contributed by atoms with Crippen molar-refractivity contribution in [1.82, 2.24) is 4.98 Å². The first-order valence-electron chi connectivity index (χ1n) is 8.47. The first-order valence-corrected chi connectivity index (χ1v) is 8.47. The fraction of sp³-hybridized carbons (Fsp3) is 0.190. The largest absolute Gasteiger partial charge is 0.497 e. The van der Waals surface area contributed by atoms with Gasteiger partial charge in [0, 0.05) is 23.8 Å². The van der Waals surface area contributed by atoms with E-state index in [1.54, 1.807) is 37.6 Å². The number of hydrogen-bond acceptors (Lipinski definition) is 4. The van der Waals surface area contributed by atoms with Crippen molar-refractivity contribution in [2.75, 3.05) is 12.4 Å². The van der Waals surface area contributed by atoms with Crippen LogP contribution < -0.4 is 10.1 Å². The summed E-state index contributed by atoms with van der Waals surface area (Å²) in [5.74, 6) is 0.613. The third-order valence-corrected chi connectivity index (χ3v) is 4.09. The van der Waals surface area contributed by atoms with Gasteiger partial charge in [0.2, 0.25) is 5.91 Å². The van der Waals surface area contributed by atoms with Crippen molar-refractivity contribution in [3.8, 4) is 5.75 Å². The van der Waals surface area contributed by atoms with E-state index in [1.165, 1.54) is 0 Å². The van der Waals surface area contributed by atoms with E-state index in [9.17, 15) is 9.59 Å². The van der Waals surface area contributed by atoms with Gasteiger partial charge in [-0.25, -0.2) is 0 Å². The standard InChI is InChI=1S/C21H20N2O3/c1-26-18-11-9-15(10-12-18)20(24)7-4-8-21(25)23-17-13-16-5-2-3-6-19(16)22-14-17/h2-3,5-6,9-14H,4,7-8H2,1H3,(H,23,25). The number of rotatable bonds is 7. The van der Waals surface area contributed by atoms with Crippen LogP contribution in [0.3, 0.4) is 0 Å². The number of ketones is 1. The SMILES string of the molecule is COc1ccc(C(=O)CCCC(=O)Nc2cnc3ccccc3c2)cc1. The molecule has 0 radical (unpaired) electrons. The van der Waals surface area contributed by atoms with Gasteiger partial charge < -0.3 is 10.1 Å². The molecule has 0 unspecified atom stereocenters. The highest BCUT2D eigenvalue weighted by molar-refractivity contribution is 5.97. The number of aromatic nitrogens is 1. The van der Waals surface area contributed by atoms with Gasteiger partial charge in [-0.2, -0.15) is 0 Å². The Hall–Kier alpha value is -3.21. The Balaban J connectivity index is 1.49. The molecule has 132 valence electrons. The van der Waals surface area contributed by atoms with Crippen molar-refractivity contribution in [2.24, 2.45) is 0 Å². The molecular formula is C21H20N2O3. The van der Waals surface area contributed by atoms with E-state index in [-0.39, 0.29) is 18.1 Å². The molecule has 2 aromatic carbocycles. The van der Waals surface area contributed by atoms with Crippen molar-refractivity contribution in [2.45, 2.75) is 19.3 Å². The second-order valence-corrected chi connectivity index (χ2v) is 5.97. The maximum absolute atomic E-state index is 12.1. The number of anilines is 1. The number of nitrogens with zero attached hydrogens (tertiary/aromatic N) is 1. The number of pyridine rings is 1. The Bertz CT molecular complexity index is 920. The van der Waals surface area contributed by atoms with E-state index in [2.05, 4.69) is 10.3 Å². The number of ether oxygens (including phenoxy) is 1. The predicted octanol–water partition coefficient (Wildman–Crippen LogP) is 4.24. The molecule has 0 bridgehead atoms. The lowest BCUT2D eigenvalue weighted by Gasteiger charge is -2.06. The van der Waals surface area contributed by atoms with Crippen molar-refractivity contribution in [1.29, 1.82) is 0 Å². The van der Waals surface area contributed by atoms with Gasteiger partial charge in [-0.1, -0.05) is 18.2 Å². The van der Waals surface area contributed by atoms with Crippen LogP contribution in [0, 0.1) is 0 Å². The average Bonchev–Trinajstić information content (AvgIpc) is 2.68. The Morgan fingerprint density at radius 1 is 1.04 bits per heavy atom. The van der Waals surface area contributed by atoms with Crippen LogP contribution in [-0.2, 0) is 4.79 Å². The minimum Gasteiger partial charge on any atom is -0.497 e. The number of hydrogen-bond donors (Lipinski definition) is 1. The van der Waals surface area contributed by atoms with Crippen molar-refractivity contribution in [3.63, 3.8) is 0 Å². The summed E-state index contributed by atoms with van der Waals surface area (Å²) in [4.78, 5) is 28.5. The number of carbonyl (C=O) groups excluding carboxylic acids is 2. The van der Waals surface area contributed by atoms with Gasteiger partial charge in [-0.15, -0.1) is 0 Å². The highest BCUT2D eigenvalue weighted by atomic mass is 16.5. The molecule has 26 heavy (non-hydrogen) atoms. The van der Waals surface area contributed by atoms with Crippen LogP contribution in [-0.4, -0.2) is 23.8 Å². The predicted molar refractivity (Wildman–Crippen MR) is 102 cm³/mol. The van der Waals surface area contributed by atoms with Gasteiger partial charge in [0.15, 0.2) is 5.78 Å². The molecule has 5 nitrogen and oxygen atoms in total. The van der Waals surface area contributed by atoms with Gasteiger partial charge in [0.25, 0.3) is 0 Å². The zero-order valence-corrected chi connectivity index (χ0v) is 14.6. The monoisotopic (exact) mass is 348 g/mol. The lowest BCUT2D eigenvalue weighted by molar-refractivity contribution is -0.116. The van der Waals surface area contributed by atoms with Crippen molar-refractivity contribution >= 4 is 28.3 Å². The van der Waals surface area contributed by atoms with Gasteiger partial charge in [0.1, 0.15) is 5.75 Å². The van der Waals surface area contributed by atoms with Crippen LogP contribution in [0.4, 0.5) is 5.69 Å². The van der Waals surface area contributed by atoms with E-state index >= 15 is 0 Å². The number of carbonyl (C=O) groups is 2. The zero-order chi connectivity index (χ0) is 18.4.